The predicted octanol–water partition coefficient (Wildman–Crippen LogP) is 1.52. The van der Waals surface area contributed by atoms with E-state index in [0.717, 1.165) is 45.8 Å². The number of ether oxygens (including phenoxy) is 2. The van der Waals surface area contributed by atoms with Gasteiger partial charge in [-0.05, 0) is 7.05 Å². The highest BCUT2D eigenvalue weighted by Crippen LogP contribution is 2.28. The van der Waals surface area contributed by atoms with E-state index in [0.29, 0.717) is 0 Å². The number of likely N-dealkylation sites (N-methyl/N-ethyl adjacent to an activating group) is 1. The van der Waals surface area contributed by atoms with Crippen LogP contribution in [0.4, 0.5) is 0 Å². The molecule has 2 rings (SSSR count). The van der Waals surface area contributed by atoms with Gasteiger partial charge in [-0.15, -0.1) is 0 Å². The molecule has 0 aromatic heterocycles. The van der Waals surface area contributed by atoms with Gasteiger partial charge in [-0.1, -0.05) is 13.8 Å². The molecule has 0 aliphatic carbocycles. The average Bonchev–Trinajstić information content (AvgIpc) is 2.21. The second kappa shape index (κ2) is 5.69. The molecular formula is C11H23NO2. The van der Waals surface area contributed by atoms with Crippen molar-refractivity contribution in [3.63, 3.8) is 0 Å². The summed E-state index contributed by atoms with van der Waals surface area (Å²) in [6.07, 6.45) is 2.13. The van der Waals surface area contributed by atoms with E-state index in [1.54, 1.807) is 0 Å². The molecule has 0 atom stereocenters. The van der Waals surface area contributed by atoms with E-state index in [-0.39, 0.29) is 5.60 Å². The maximum absolute atomic E-state index is 5.86. The lowest BCUT2D eigenvalue weighted by atomic mass is 9.92. The van der Waals surface area contributed by atoms with Crippen LogP contribution in [0, 0.1) is 0 Å². The van der Waals surface area contributed by atoms with Crippen LogP contribution in [-0.2, 0) is 9.47 Å². The molecule has 0 bridgehead atoms. The second-order valence-electron chi connectivity index (χ2n) is 3.88. The molecular weight excluding hydrogens is 178 g/mol. The molecule has 0 aromatic rings. The van der Waals surface area contributed by atoms with E-state index in [4.69, 9.17) is 9.47 Å². The Bertz CT molecular complexity index is 150. The van der Waals surface area contributed by atoms with E-state index < -0.39 is 0 Å². The lowest BCUT2D eigenvalue weighted by molar-refractivity contribution is -0.149. The number of hydrogen-bond acceptors (Lipinski definition) is 3. The Morgan fingerprint density at radius 3 is 2.29 bits per heavy atom. The SMILES string of the molecule is CC.CN1CCOC2(CCOCC2)C1. The highest BCUT2D eigenvalue weighted by Gasteiger charge is 2.36. The number of morpholine rings is 1. The van der Waals surface area contributed by atoms with Crippen molar-refractivity contribution < 1.29 is 9.47 Å². The highest BCUT2D eigenvalue weighted by atomic mass is 16.5. The second-order valence-corrected chi connectivity index (χ2v) is 3.88. The topological polar surface area (TPSA) is 21.7 Å². The molecule has 3 nitrogen and oxygen atoms in total. The van der Waals surface area contributed by atoms with Gasteiger partial charge in [0.05, 0.1) is 12.2 Å². The van der Waals surface area contributed by atoms with Crippen LogP contribution in [-0.4, -0.2) is 50.5 Å². The molecule has 14 heavy (non-hydrogen) atoms. The molecule has 0 N–H and O–H groups in total. The quantitative estimate of drug-likeness (QED) is 0.593. The highest BCUT2D eigenvalue weighted by molar-refractivity contribution is 4.88. The van der Waals surface area contributed by atoms with Crippen molar-refractivity contribution in [2.45, 2.75) is 32.3 Å². The minimum absolute atomic E-state index is 0.130. The van der Waals surface area contributed by atoms with E-state index in [1.807, 2.05) is 13.8 Å². The first-order valence-electron chi connectivity index (χ1n) is 5.71. The van der Waals surface area contributed by atoms with Gasteiger partial charge in [-0.3, -0.25) is 0 Å². The Morgan fingerprint density at radius 1 is 1.07 bits per heavy atom. The van der Waals surface area contributed by atoms with Gasteiger partial charge in [0, 0.05) is 39.1 Å². The molecule has 2 aliphatic heterocycles. The minimum atomic E-state index is 0.130. The molecule has 2 saturated heterocycles. The fourth-order valence-corrected chi connectivity index (χ4v) is 2.08. The molecule has 0 unspecified atom stereocenters. The van der Waals surface area contributed by atoms with Gasteiger partial charge < -0.3 is 14.4 Å². The van der Waals surface area contributed by atoms with Gasteiger partial charge >= 0.3 is 0 Å². The lowest BCUT2D eigenvalue weighted by Gasteiger charge is -2.43. The van der Waals surface area contributed by atoms with Crippen LogP contribution >= 0.6 is 0 Å². The van der Waals surface area contributed by atoms with Crippen LogP contribution in [0.15, 0.2) is 0 Å². The van der Waals surface area contributed by atoms with E-state index in [9.17, 15) is 0 Å². The third-order valence-corrected chi connectivity index (χ3v) is 2.84. The summed E-state index contributed by atoms with van der Waals surface area (Å²) < 4.78 is 11.2. The first-order valence-corrected chi connectivity index (χ1v) is 5.71. The van der Waals surface area contributed by atoms with Crippen LogP contribution in [0.1, 0.15) is 26.7 Å². The van der Waals surface area contributed by atoms with Crippen molar-refractivity contribution >= 4 is 0 Å². The molecule has 0 amide bonds. The van der Waals surface area contributed by atoms with Gasteiger partial charge in [0.2, 0.25) is 0 Å². The van der Waals surface area contributed by atoms with Gasteiger partial charge in [-0.2, -0.15) is 0 Å². The predicted molar refractivity (Wildman–Crippen MR) is 57.6 cm³/mol. The normalized spacial score (nSPS) is 26.8. The summed E-state index contributed by atoms with van der Waals surface area (Å²) in [7, 11) is 2.17. The first-order chi connectivity index (χ1) is 6.81. The fourth-order valence-electron chi connectivity index (χ4n) is 2.08. The zero-order chi connectivity index (χ0) is 10.4. The fraction of sp³-hybridized carbons (Fsp3) is 1.00. The molecule has 1 spiro atoms. The summed E-state index contributed by atoms with van der Waals surface area (Å²) in [6, 6.07) is 0. The molecule has 2 aliphatic rings. The smallest absolute Gasteiger partial charge is 0.0853 e. The Hall–Kier alpha value is -0.120. The van der Waals surface area contributed by atoms with Gasteiger partial charge in [0.15, 0.2) is 0 Å². The zero-order valence-corrected chi connectivity index (χ0v) is 9.71. The third kappa shape index (κ3) is 2.94. The molecule has 0 saturated carbocycles. The van der Waals surface area contributed by atoms with Gasteiger partial charge in [0.25, 0.3) is 0 Å². The van der Waals surface area contributed by atoms with E-state index in [1.165, 1.54) is 0 Å². The number of hydrogen-bond donors (Lipinski definition) is 0. The summed E-state index contributed by atoms with van der Waals surface area (Å²) in [5.74, 6) is 0. The largest absolute Gasteiger partial charge is 0.381 e. The molecule has 84 valence electrons. The van der Waals surface area contributed by atoms with Crippen LogP contribution in [0.5, 0.6) is 0 Å². The van der Waals surface area contributed by atoms with E-state index in [2.05, 4.69) is 11.9 Å². The van der Waals surface area contributed by atoms with Crippen LogP contribution in [0.2, 0.25) is 0 Å². The standard InChI is InChI=1S/C9H17NO2.C2H6/c1-10-4-7-12-9(8-10)2-5-11-6-3-9;1-2/h2-8H2,1H3;1-2H3. The molecule has 2 heterocycles. The summed E-state index contributed by atoms with van der Waals surface area (Å²) in [4.78, 5) is 2.36. The Labute approximate surface area is 87.4 Å². The van der Waals surface area contributed by atoms with Crippen molar-refractivity contribution in [1.82, 2.24) is 4.90 Å². The minimum Gasteiger partial charge on any atom is -0.381 e. The monoisotopic (exact) mass is 201 g/mol. The number of rotatable bonds is 0. The van der Waals surface area contributed by atoms with Crippen LogP contribution < -0.4 is 0 Å². The Morgan fingerprint density at radius 2 is 1.71 bits per heavy atom. The summed E-state index contributed by atoms with van der Waals surface area (Å²) in [5, 5.41) is 0. The molecule has 0 radical (unpaired) electrons. The maximum Gasteiger partial charge on any atom is 0.0853 e. The van der Waals surface area contributed by atoms with Crippen LogP contribution in [0.25, 0.3) is 0 Å². The third-order valence-electron chi connectivity index (χ3n) is 2.84. The van der Waals surface area contributed by atoms with Gasteiger partial charge in [0.1, 0.15) is 0 Å². The lowest BCUT2D eigenvalue weighted by Crippen LogP contribution is -2.53. The number of nitrogens with zero attached hydrogens (tertiary/aromatic N) is 1. The summed E-state index contributed by atoms with van der Waals surface area (Å²) in [5.41, 5.74) is 0.130. The van der Waals surface area contributed by atoms with E-state index >= 15 is 0 Å². The molecule has 2 fully saturated rings. The Kier molecular flexibility index (Phi) is 4.85. The average molecular weight is 201 g/mol. The maximum atomic E-state index is 5.86. The zero-order valence-electron chi connectivity index (χ0n) is 9.71. The summed E-state index contributed by atoms with van der Waals surface area (Å²) >= 11 is 0. The first kappa shape index (κ1) is 12.0. The van der Waals surface area contributed by atoms with Crippen molar-refractivity contribution in [1.29, 1.82) is 0 Å². The molecule has 0 aromatic carbocycles. The Balaban J connectivity index is 0.000000461. The van der Waals surface area contributed by atoms with Crippen molar-refractivity contribution in [3.8, 4) is 0 Å². The van der Waals surface area contributed by atoms with Crippen molar-refractivity contribution in [2.75, 3.05) is 40.0 Å². The molecule has 3 heteroatoms. The summed E-state index contributed by atoms with van der Waals surface area (Å²) in [6.45, 7) is 8.77. The van der Waals surface area contributed by atoms with Gasteiger partial charge in [-0.25, -0.2) is 0 Å². The van der Waals surface area contributed by atoms with Crippen molar-refractivity contribution in [3.05, 3.63) is 0 Å². The van der Waals surface area contributed by atoms with Crippen molar-refractivity contribution in [2.24, 2.45) is 0 Å². The van der Waals surface area contributed by atoms with Crippen LogP contribution in [0.3, 0.4) is 0 Å².